The highest BCUT2D eigenvalue weighted by Crippen LogP contribution is 2.21. The molecule has 0 aliphatic heterocycles. The van der Waals surface area contributed by atoms with E-state index in [1.165, 1.54) is 6.33 Å². The fourth-order valence-corrected chi connectivity index (χ4v) is 2.79. The van der Waals surface area contributed by atoms with Gasteiger partial charge in [0.05, 0.1) is 17.3 Å². The number of nitrogens with one attached hydrogen (secondary N) is 2. The number of amides is 1. The molecule has 0 saturated heterocycles. The van der Waals surface area contributed by atoms with Crippen LogP contribution in [0.3, 0.4) is 0 Å². The van der Waals surface area contributed by atoms with Crippen molar-refractivity contribution in [3.8, 4) is 5.69 Å². The molecule has 0 fully saturated rings. The van der Waals surface area contributed by atoms with E-state index in [4.69, 9.17) is 0 Å². The molecule has 0 aliphatic carbocycles. The fourth-order valence-electron chi connectivity index (χ4n) is 2.79. The van der Waals surface area contributed by atoms with Crippen LogP contribution in [-0.2, 0) is 0 Å². The SMILES string of the molecule is Cc1ccc(C(=O)NNc2ncnc3c2cnn3-c2cccc(C)c2)cc1. The lowest BCUT2D eigenvalue weighted by Gasteiger charge is -2.09. The minimum absolute atomic E-state index is 0.243. The molecule has 0 atom stereocenters. The van der Waals surface area contributed by atoms with Crippen molar-refractivity contribution < 1.29 is 4.79 Å². The number of rotatable bonds is 4. The number of hydrogen-bond donors (Lipinski definition) is 2. The van der Waals surface area contributed by atoms with Gasteiger partial charge >= 0.3 is 0 Å². The van der Waals surface area contributed by atoms with Crippen molar-refractivity contribution in [3.05, 3.63) is 77.7 Å². The summed E-state index contributed by atoms with van der Waals surface area (Å²) in [6.07, 6.45) is 3.12. The molecule has 7 heteroatoms. The van der Waals surface area contributed by atoms with Gasteiger partial charge in [0.2, 0.25) is 0 Å². The number of fused-ring (bicyclic) bond motifs is 1. The molecule has 2 aromatic heterocycles. The van der Waals surface area contributed by atoms with E-state index in [9.17, 15) is 4.79 Å². The lowest BCUT2D eigenvalue weighted by molar-refractivity contribution is 0.0962. The van der Waals surface area contributed by atoms with Crippen LogP contribution in [0.1, 0.15) is 21.5 Å². The Labute approximate surface area is 156 Å². The molecule has 0 bridgehead atoms. The lowest BCUT2D eigenvalue weighted by Crippen LogP contribution is -2.29. The number of aromatic nitrogens is 4. The Kier molecular flexibility index (Phi) is 4.25. The topological polar surface area (TPSA) is 84.7 Å². The van der Waals surface area contributed by atoms with E-state index in [0.717, 1.165) is 16.8 Å². The fraction of sp³-hybridized carbons (Fsp3) is 0.100. The van der Waals surface area contributed by atoms with Crippen LogP contribution in [-0.4, -0.2) is 25.7 Å². The summed E-state index contributed by atoms with van der Waals surface area (Å²) in [5, 5.41) is 5.14. The molecule has 2 heterocycles. The van der Waals surface area contributed by atoms with Gasteiger partial charge in [-0.15, -0.1) is 0 Å². The summed E-state index contributed by atoms with van der Waals surface area (Å²) in [5.74, 6) is 0.243. The number of benzene rings is 2. The second-order valence-corrected chi connectivity index (χ2v) is 6.30. The standard InChI is InChI=1S/C20H18N6O/c1-13-6-8-15(9-7-13)20(27)25-24-18-17-11-23-26(19(17)22-12-21-18)16-5-3-4-14(2)10-16/h3-12H,1-2H3,(H,25,27)(H,21,22,24). The van der Waals surface area contributed by atoms with Gasteiger partial charge in [-0.2, -0.15) is 5.10 Å². The van der Waals surface area contributed by atoms with E-state index in [2.05, 4.69) is 25.9 Å². The third kappa shape index (κ3) is 3.35. The Morgan fingerprint density at radius 3 is 2.59 bits per heavy atom. The quantitative estimate of drug-likeness (QED) is 0.547. The summed E-state index contributed by atoms with van der Waals surface area (Å²) in [4.78, 5) is 20.9. The van der Waals surface area contributed by atoms with Gasteiger partial charge < -0.3 is 0 Å². The van der Waals surface area contributed by atoms with E-state index in [1.54, 1.807) is 23.0 Å². The Morgan fingerprint density at radius 2 is 1.81 bits per heavy atom. The number of nitrogens with zero attached hydrogens (tertiary/aromatic N) is 4. The molecular formula is C20H18N6O. The largest absolute Gasteiger partial charge is 0.281 e. The van der Waals surface area contributed by atoms with Gasteiger partial charge in [-0.05, 0) is 43.7 Å². The molecule has 0 unspecified atom stereocenters. The third-order valence-electron chi connectivity index (χ3n) is 4.22. The van der Waals surface area contributed by atoms with E-state index in [-0.39, 0.29) is 5.91 Å². The van der Waals surface area contributed by atoms with Crippen molar-refractivity contribution in [1.82, 2.24) is 25.2 Å². The molecule has 0 spiro atoms. The second kappa shape index (κ2) is 6.87. The average molecular weight is 358 g/mol. The van der Waals surface area contributed by atoms with Crippen molar-refractivity contribution >= 4 is 22.8 Å². The van der Waals surface area contributed by atoms with Crippen LogP contribution in [0.4, 0.5) is 5.82 Å². The molecule has 7 nitrogen and oxygen atoms in total. The Hall–Kier alpha value is -3.74. The molecule has 2 N–H and O–H groups in total. The van der Waals surface area contributed by atoms with Gasteiger partial charge in [-0.3, -0.25) is 15.6 Å². The Morgan fingerprint density at radius 1 is 1.00 bits per heavy atom. The molecule has 0 aliphatic rings. The summed E-state index contributed by atoms with van der Waals surface area (Å²) in [7, 11) is 0. The van der Waals surface area contributed by atoms with Crippen LogP contribution in [0.15, 0.2) is 61.1 Å². The Bertz CT molecular complexity index is 1120. The minimum atomic E-state index is -0.243. The first kappa shape index (κ1) is 16.7. The highest BCUT2D eigenvalue weighted by atomic mass is 16.2. The van der Waals surface area contributed by atoms with E-state index in [1.807, 2.05) is 50.2 Å². The van der Waals surface area contributed by atoms with Gasteiger partial charge in [-0.25, -0.2) is 14.6 Å². The van der Waals surface area contributed by atoms with Crippen LogP contribution in [0.25, 0.3) is 16.7 Å². The first-order chi connectivity index (χ1) is 13.1. The lowest BCUT2D eigenvalue weighted by atomic mass is 10.1. The predicted octanol–water partition coefficient (Wildman–Crippen LogP) is 3.19. The van der Waals surface area contributed by atoms with Crippen LogP contribution in [0, 0.1) is 13.8 Å². The summed E-state index contributed by atoms with van der Waals surface area (Å²) < 4.78 is 1.75. The molecule has 2 aromatic carbocycles. The zero-order chi connectivity index (χ0) is 18.8. The third-order valence-corrected chi connectivity index (χ3v) is 4.22. The molecule has 4 rings (SSSR count). The number of aryl methyl sites for hydroxylation is 2. The number of anilines is 1. The molecule has 27 heavy (non-hydrogen) atoms. The second-order valence-electron chi connectivity index (χ2n) is 6.30. The molecular weight excluding hydrogens is 340 g/mol. The summed E-state index contributed by atoms with van der Waals surface area (Å²) in [5.41, 5.74) is 9.91. The smallest absolute Gasteiger partial charge is 0.269 e. The number of hydrogen-bond acceptors (Lipinski definition) is 5. The number of carbonyl (C=O) groups excluding carboxylic acids is 1. The maximum absolute atomic E-state index is 12.3. The summed E-state index contributed by atoms with van der Waals surface area (Å²) >= 11 is 0. The van der Waals surface area contributed by atoms with Crippen LogP contribution >= 0.6 is 0 Å². The van der Waals surface area contributed by atoms with Crippen molar-refractivity contribution in [2.75, 3.05) is 5.43 Å². The zero-order valence-corrected chi connectivity index (χ0v) is 15.0. The zero-order valence-electron chi connectivity index (χ0n) is 15.0. The summed E-state index contributed by atoms with van der Waals surface area (Å²) in [6, 6.07) is 15.3. The number of hydrazine groups is 1. The van der Waals surface area contributed by atoms with E-state index in [0.29, 0.717) is 22.4 Å². The summed E-state index contributed by atoms with van der Waals surface area (Å²) in [6.45, 7) is 4.00. The predicted molar refractivity (Wildman–Crippen MR) is 104 cm³/mol. The first-order valence-corrected chi connectivity index (χ1v) is 8.50. The normalized spacial score (nSPS) is 10.7. The van der Waals surface area contributed by atoms with Gasteiger partial charge in [0.25, 0.3) is 5.91 Å². The van der Waals surface area contributed by atoms with Crippen LogP contribution in [0.5, 0.6) is 0 Å². The molecule has 0 radical (unpaired) electrons. The van der Waals surface area contributed by atoms with E-state index < -0.39 is 0 Å². The van der Waals surface area contributed by atoms with Gasteiger partial charge in [0.15, 0.2) is 11.5 Å². The maximum atomic E-state index is 12.3. The van der Waals surface area contributed by atoms with Crippen LogP contribution < -0.4 is 10.9 Å². The number of carbonyl (C=O) groups is 1. The molecule has 1 amide bonds. The van der Waals surface area contributed by atoms with E-state index >= 15 is 0 Å². The highest BCUT2D eigenvalue weighted by Gasteiger charge is 2.12. The van der Waals surface area contributed by atoms with Crippen molar-refractivity contribution in [2.24, 2.45) is 0 Å². The highest BCUT2D eigenvalue weighted by molar-refractivity contribution is 5.96. The first-order valence-electron chi connectivity index (χ1n) is 8.50. The molecule has 4 aromatic rings. The minimum Gasteiger partial charge on any atom is -0.281 e. The van der Waals surface area contributed by atoms with Crippen LogP contribution in [0.2, 0.25) is 0 Å². The van der Waals surface area contributed by atoms with Gasteiger partial charge in [0.1, 0.15) is 6.33 Å². The average Bonchev–Trinajstić information content (AvgIpc) is 3.11. The Balaban J connectivity index is 1.60. The van der Waals surface area contributed by atoms with Crippen molar-refractivity contribution in [3.63, 3.8) is 0 Å². The molecule has 0 saturated carbocycles. The van der Waals surface area contributed by atoms with Gasteiger partial charge in [-0.1, -0.05) is 29.8 Å². The molecule has 134 valence electrons. The van der Waals surface area contributed by atoms with Crippen molar-refractivity contribution in [2.45, 2.75) is 13.8 Å². The van der Waals surface area contributed by atoms with Gasteiger partial charge in [0, 0.05) is 5.56 Å². The maximum Gasteiger partial charge on any atom is 0.269 e. The monoisotopic (exact) mass is 358 g/mol. The van der Waals surface area contributed by atoms with Crippen molar-refractivity contribution in [1.29, 1.82) is 0 Å².